The average molecular weight is 1450 g/mol. The minimum absolute atomic E-state index is 0. The Balaban J connectivity index is 0.000000222. The van der Waals surface area contributed by atoms with Gasteiger partial charge in [-0.2, -0.15) is 25.8 Å². The number of aliphatic carboxylic acids is 1. The van der Waals surface area contributed by atoms with Crippen LogP contribution in [-0.4, -0.2) is 105 Å². The van der Waals surface area contributed by atoms with Crippen molar-refractivity contribution >= 4 is 18.0 Å². The Kier molecular flexibility index (Phi) is 28.7. The molecule has 0 saturated carbocycles. The van der Waals surface area contributed by atoms with Gasteiger partial charge in [-0.15, -0.1) is 0 Å². The second-order valence-corrected chi connectivity index (χ2v) is 22.2. The first kappa shape index (κ1) is 79.9. The van der Waals surface area contributed by atoms with Gasteiger partial charge in [0.05, 0.1) is 47.8 Å². The number of halogens is 10. The van der Waals surface area contributed by atoms with Crippen molar-refractivity contribution in [2.45, 2.75) is 33.1 Å². The molecule has 32 heteroatoms. The maximum absolute atomic E-state index is 13.6. The Morgan fingerprint density at radius 3 is 1.18 bits per heavy atom. The summed E-state index contributed by atoms with van der Waals surface area (Å²) in [5.41, 5.74) is 16.3. The van der Waals surface area contributed by atoms with Crippen molar-refractivity contribution < 1.29 is 71.8 Å². The van der Waals surface area contributed by atoms with Gasteiger partial charge in [-0.1, -0.05) is 48.5 Å². The predicted molar refractivity (Wildman–Crippen MR) is 359 cm³/mol. The average Bonchev–Trinajstić information content (AvgIpc) is 0.821. The third-order valence-corrected chi connectivity index (χ3v) is 13.7. The number of carbonyl (C=O) groups is 1. The second kappa shape index (κ2) is 37.3. The lowest BCUT2D eigenvalue weighted by molar-refractivity contribution is -0.458. The molecular weight excluding hydrogens is 1390 g/mol. The highest BCUT2D eigenvalue weighted by Gasteiger charge is 2.18. The summed E-state index contributed by atoms with van der Waals surface area (Å²) in [5.74, 6) is -12.7. The SMILES string of the molecule is CC(=O)[O-].CN(C)/C=C(\C#N)C=[N+](C)C.N#Cc1cnc(-c2cccc(Cn3nc(-c4cc(F)c(F)c(F)c4)ccc3=O)c2)nc1.NC(=[NH2+])c1cccc(Cn2nc(-c3cc(F)c(F)c(F)c3)ccc2=O)c1.NCc1cnc(-c2cccc(Cn3nc(-c4cc(F)c(F)c(F)c4)ccc3=O)c2)nc1.[Cl-]. The first-order chi connectivity index (χ1) is 49.0. The number of benzene rings is 6. The molecule has 6 aromatic carbocycles. The summed E-state index contributed by atoms with van der Waals surface area (Å²) in [6.45, 7) is 1.59. The van der Waals surface area contributed by atoms with Gasteiger partial charge in [-0.05, 0) is 102 Å². The summed E-state index contributed by atoms with van der Waals surface area (Å²) in [7, 11) is 7.56. The molecule has 0 amide bonds. The lowest BCUT2D eigenvalue weighted by atomic mass is 10.1. The third-order valence-electron chi connectivity index (χ3n) is 13.7. The zero-order valence-corrected chi connectivity index (χ0v) is 56.2. The molecule has 0 unspecified atom stereocenters. The van der Waals surface area contributed by atoms with Crippen LogP contribution >= 0.6 is 0 Å². The summed E-state index contributed by atoms with van der Waals surface area (Å²) in [4.78, 5) is 64.2. The van der Waals surface area contributed by atoms with Crippen LogP contribution in [0.25, 0.3) is 56.5 Å². The van der Waals surface area contributed by atoms with Gasteiger partial charge in [0.2, 0.25) is 0 Å². The van der Waals surface area contributed by atoms with E-state index in [2.05, 4.69) is 41.3 Å². The number of rotatable bonds is 15. The van der Waals surface area contributed by atoms with Gasteiger partial charge >= 0.3 is 0 Å². The highest BCUT2D eigenvalue weighted by Crippen LogP contribution is 2.26. The second-order valence-electron chi connectivity index (χ2n) is 22.2. The molecule has 22 nitrogen and oxygen atoms in total. The van der Waals surface area contributed by atoms with E-state index in [0.29, 0.717) is 51.6 Å². The largest absolute Gasteiger partial charge is 1.00 e. The molecule has 6 N–H and O–H groups in total. The van der Waals surface area contributed by atoms with E-state index >= 15 is 0 Å². The van der Waals surface area contributed by atoms with Crippen molar-refractivity contribution in [3.05, 3.63) is 299 Å². The number of nitrogens with two attached hydrogens (primary N) is 3. The number of nitriles is 2. The van der Waals surface area contributed by atoms with Crippen LogP contribution in [0.3, 0.4) is 0 Å². The van der Waals surface area contributed by atoms with Crippen LogP contribution in [0.2, 0.25) is 0 Å². The summed E-state index contributed by atoms with van der Waals surface area (Å²) in [5, 5.41) is 44.4. The van der Waals surface area contributed by atoms with Gasteiger partial charge in [0.15, 0.2) is 70.2 Å². The molecule has 5 aromatic heterocycles. The van der Waals surface area contributed by atoms with Gasteiger partial charge in [-0.25, -0.2) is 78.1 Å². The van der Waals surface area contributed by atoms with E-state index in [1.807, 2.05) is 55.9 Å². The quantitative estimate of drug-likeness (QED) is 0.0327. The van der Waals surface area contributed by atoms with Crippen molar-refractivity contribution in [3.8, 4) is 68.7 Å². The lowest BCUT2D eigenvalue weighted by Crippen LogP contribution is -3.00. The molecule has 0 radical (unpaired) electrons. The zero-order chi connectivity index (χ0) is 75.2. The molecule has 0 bridgehead atoms. The van der Waals surface area contributed by atoms with Gasteiger partial charge in [0, 0.05) is 109 Å². The number of hydrogen-bond donors (Lipinski definition) is 3. The van der Waals surface area contributed by atoms with Crippen molar-refractivity contribution in [1.29, 1.82) is 10.5 Å². The van der Waals surface area contributed by atoms with E-state index in [9.17, 15) is 53.9 Å². The molecule has 0 aliphatic heterocycles. The van der Waals surface area contributed by atoms with Crippen LogP contribution in [0, 0.1) is 75.0 Å². The monoisotopic (exact) mass is 1450 g/mol. The van der Waals surface area contributed by atoms with E-state index < -0.39 is 75.0 Å². The molecule has 0 aliphatic carbocycles. The summed E-state index contributed by atoms with van der Waals surface area (Å²) >= 11 is 0. The van der Waals surface area contributed by atoms with Crippen LogP contribution in [0.5, 0.6) is 0 Å². The third kappa shape index (κ3) is 22.7. The van der Waals surface area contributed by atoms with E-state index in [-0.39, 0.29) is 71.6 Å². The molecule has 532 valence electrons. The highest BCUT2D eigenvalue weighted by molar-refractivity contribution is 5.92. The molecule has 0 fully saturated rings. The molecule has 11 rings (SSSR count). The summed E-state index contributed by atoms with van der Waals surface area (Å²) in [6.07, 6.45) is 9.66. The first-order valence-electron chi connectivity index (χ1n) is 30.1. The zero-order valence-electron chi connectivity index (χ0n) is 55.5. The Labute approximate surface area is 592 Å². The van der Waals surface area contributed by atoms with Crippen LogP contribution in [0.4, 0.5) is 39.5 Å². The van der Waals surface area contributed by atoms with Crippen LogP contribution in [0.1, 0.15) is 40.3 Å². The number of aromatic nitrogens is 10. The van der Waals surface area contributed by atoms with Gasteiger partial charge in [0.25, 0.3) is 22.5 Å². The molecule has 0 spiro atoms. The fourth-order valence-corrected chi connectivity index (χ4v) is 9.04. The maximum atomic E-state index is 13.6. The van der Waals surface area contributed by atoms with Crippen molar-refractivity contribution in [2.75, 3.05) is 28.2 Å². The molecule has 104 heavy (non-hydrogen) atoms. The molecule has 0 atom stereocenters. The lowest BCUT2D eigenvalue weighted by Gasteiger charge is -2.09. The first-order valence-corrected chi connectivity index (χ1v) is 30.1. The minimum Gasteiger partial charge on any atom is -1.00 e. The minimum atomic E-state index is -1.57. The van der Waals surface area contributed by atoms with Gasteiger partial charge in [0.1, 0.15) is 31.8 Å². The Hall–Kier alpha value is -13.1. The van der Waals surface area contributed by atoms with Crippen LogP contribution in [-0.2, 0) is 31.0 Å². The smallest absolute Gasteiger partial charge is 0.270 e. The van der Waals surface area contributed by atoms with E-state index in [0.717, 1.165) is 74.1 Å². The molecule has 0 saturated heterocycles. The number of allylic oxidation sites excluding steroid dienone is 1. The van der Waals surface area contributed by atoms with Crippen LogP contribution in [0.15, 0.2) is 197 Å². The molecular formula is C72H59ClF9N17O5. The fraction of sp³-hybridized carbons (Fsp3) is 0.125. The van der Waals surface area contributed by atoms with Crippen molar-refractivity contribution in [3.63, 3.8) is 0 Å². The van der Waals surface area contributed by atoms with E-state index in [1.165, 1.54) is 48.8 Å². The van der Waals surface area contributed by atoms with Gasteiger partial charge in [-0.3, -0.25) is 25.5 Å². The number of hydrogen-bond acceptors (Lipinski definition) is 16. The van der Waals surface area contributed by atoms with E-state index in [4.69, 9.17) is 37.3 Å². The topological polar surface area (TPSA) is 328 Å². The highest BCUT2D eigenvalue weighted by atomic mass is 35.5. The summed E-state index contributed by atoms with van der Waals surface area (Å²) in [6, 6.07) is 37.8. The van der Waals surface area contributed by atoms with Crippen molar-refractivity contribution in [1.82, 2.24) is 54.2 Å². The Morgan fingerprint density at radius 1 is 0.538 bits per heavy atom. The molecule has 11 aromatic rings. The Bertz CT molecular complexity index is 5200. The number of carboxylic acid groups (broad SMARTS) is 1. The molecule has 5 heterocycles. The standard InChI is InChI=1S/C22H16F3N5O.C22H12F3N5O.C18H13F3N4O.C8H14N3.C2H4O2.ClH/c2*23-17-7-16(8-18(24)21(17)25)19-4-5-20(31)30(29-19)12-13-2-1-3-15(6-13)22-27-10-14(9-26)11-28-22;19-13-7-12(8-14(20)17(13)21)15-4-5-16(26)25(24-15)9-10-2-1-3-11(6-10)18(22)23;1-10(2)6-8(5-9)7-11(3)4;1-2(3)4;/h1-8,10-11H,9,12,26H2;1-8,10-11H,12H2;1-8H,9H2,(H3,22,23);6-7H,1-4H3;1H3,(H,3,4);1H/q;;;+1;;/p-1. The normalized spacial score (nSPS) is 10.5. The number of carbonyl (C=O) groups excluding carboxylic acids is 1. The fourth-order valence-electron chi connectivity index (χ4n) is 9.04. The number of nitrogens with zero attached hydrogens (tertiary/aromatic N) is 14. The number of amidine groups is 1. The molecule has 0 aliphatic rings. The van der Waals surface area contributed by atoms with Crippen molar-refractivity contribution in [2.24, 2.45) is 11.5 Å². The van der Waals surface area contributed by atoms with E-state index in [1.54, 1.807) is 85.5 Å². The van der Waals surface area contributed by atoms with Crippen LogP contribution < -0.4 is 51.1 Å². The Morgan fingerprint density at radius 2 is 0.875 bits per heavy atom. The maximum Gasteiger partial charge on any atom is 0.270 e. The predicted octanol–water partition coefficient (Wildman–Crippen LogP) is 3.90. The van der Waals surface area contributed by atoms with Gasteiger partial charge < -0.3 is 32.9 Å². The number of carboxylic acids is 1. The summed E-state index contributed by atoms with van der Waals surface area (Å²) < 4.78 is 126.